The third-order valence-corrected chi connectivity index (χ3v) is 2.83. The number of carbonyl (C=O) groups excluding carboxylic acids is 1. The molecule has 0 aromatic heterocycles. The molecule has 0 aliphatic heterocycles. The smallest absolute Gasteiger partial charge is 0.244 e. The zero-order valence-electron chi connectivity index (χ0n) is 7.44. The van der Waals surface area contributed by atoms with Crippen LogP contribution in [0.1, 0.15) is 38.5 Å². The van der Waals surface area contributed by atoms with E-state index in [1.165, 1.54) is 6.42 Å². The molecule has 0 bridgehead atoms. The Morgan fingerprint density at radius 1 is 1.42 bits per heavy atom. The second-order valence-electron chi connectivity index (χ2n) is 3.66. The molecule has 0 heterocycles. The first kappa shape index (κ1) is 9.30. The maximum Gasteiger partial charge on any atom is 0.244 e. The van der Waals surface area contributed by atoms with Crippen LogP contribution in [0.15, 0.2) is 12.7 Å². The van der Waals surface area contributed by atoms with Gasteiger partial charge in [-0.3, -0.25) is 10.5 Å². The van der Waals surface area contributed by atoms with Gasteiger partial charge in [0.2, 0.25) is 5.91 Å². The summed E-state index contributed by atoms with van der Waals surface area (Å²) in [6, 6.07) is 0. The lowest BCUT2D eigenvalue weighted by molar-refractivity contribution is -0.130. The van der Waals surface area contributed by atoms with Gasteiger partial charge in [-0.05, 0) is 19.3 Å². The Balaban J connectivity index is 2.69. The highest BCUT2D eigenvalue weighted by molar-refractivity contribution is 5.80. The Kier molecular flexibility index (Phi) is 2.90. The summed E-state index contributed by atoms with van der Waals surface area (Å²) in [4.78, 5) is 11.1. The van der Waals surface area contributed by atoms with Crippen LogP contribution in [0.2, 0.25) is 0 Å². The monoisotopic (exact) mass is 166 g/mol. The molecular weight excluding hydrogens is 150 g/mol. The predicted octanol–water partition coefficient (Wildman–Crippen LogP) is 2.32. The van der Waals surface area contributed by atoms with Crippen LogP contribution < -0.4 is 5.73 Å². The second-order valence-corrected chi connectivity index (χ2v) is 3.66. The molecule has 1 saturated carbocycles. The zero-order chi connectivity index (χ0) is 9.03. The molecule has 0 saturated heterocycles. The minimum Gasteiger partial charge on any atom is -0.273 e. The van der Waals surface area contributed by atoms with E-state index in [2.05, 4.69) is 6.58 Å². The zero-order valence-corrected chi connectivity index (χ0v) is 7.44. The molecule has 0 aromatic carbocycles. The lowest BCUT2D eigenvalue weighted by Crippen LogP contribution is -2.33. The summed E-state index contributed by atoms with van der Waals surface area (Å²) in [5, 5.41) is 0. The van der Waals surface area contributed by atoms with Gasteiger partial charge in [0, 0.05) is 0 Å². The minimum absolute atomic E-state index is 0.361. The van der Waals surface area contributed by atoms with Gasteiger partial charge in [0.05, 0.1) is 5.41 Å². The van der Waals surface area contributed by atoms with Crippen LogP contribution in [0.4, 0.5) is 0 Å². The quantitative estimate of drug-likeness (QED) is 0.593. The summed E-state index contributed by atoms with van der Waals surface area (Å²) in [5.74, 6) is -0.387. The van der Waals surface area contributed by atoms with Crippen molar-refractivity contribution in [3.8, 4) is 0 Å². The Hall–Kier alpha value is -0.790. The fourth-order valence-corrected chi connectivity index (χ4v) is 2.03. The molecule has 2 nitrogen and oxygen atoms in total. The number of nitrogens with one attached hydrogen (secondary N) is 1. The van der Waals surface area contributed by atoms with Crippen molar-refractivity contribution in [2.24, 2.45) is 5.41 Å². The number of allylic oxidation sites excluding steroid dienone is 1. The summed E-state index contributed by atoms with van der Waals surface area (Å²) < 4.78 is 0. The maximum absolute atomic E-state index is 11.1. The average Bonchev–Trinajstić information content (AvgIpc) is 2.06. The van der Waals surface area contributed by atoms with Crippen LogP contribution >= 0.6 is 0 Å². The van der Waals surface area contributed by atoms with Gasteiger partial charge in [-0.2, -0.15) is 0 Å². The van der Waals surface area contributed by atoms with Crippen molar-refractivity contribution < 1.29 is 4.79 Å². The first-order chi connectivity index (χ1) is 5.71. The Morgan fingerprint density at radius 2 is 2.00 bits per heavy atom. The highest BCUT2D eigenvalue weighted by atomic mass is 16.1. The summed E-state index contributed by atoms with van der Waals surface area (Å²) in [6.45, 7) is 3.65. The highest BCUT2D eigenvalue weighted by Gasteiger charge is 2.36. The van der Waals surface area contributed by atoms with Crippen LogP contribution in [0, 0.1) is 5.41 Å². The summed E-state index contributed by atoms with van der Waals surface area (Å²) in [5.41, 5.74) is 6.88. The minimum atomic E-state index is -0.387. The molecule has 0 atom stereocenters. The summed E-state index contributed by atoms with van der Waals surface area (Å²) >= 11 is 0. The molecule has 0 aromatic rings. The lowest BCUT2D eigenvalue weighted by atomic mass is 9.71. The number of hydrogen-bond donors (Lipinski definition) is 0. The topological polar surface area (TPSA) is 40.9 Å². The predicted molar refractivity (Wildman–Crippen MR) is 48.4 cm³/mol. The summed E-state index contributed by atoms with van der Waals surface area (Å²) in [7, 11) is 0. The number of hydrogen-bond acceptors (Lipinski definition) is 1. The molecule has 1 fully saturated rings. The third-order valence-electron chi connectivity index (χ3n) is 2.83. The van der Waals surface area contributed by atoms with Gasteiger partial charge in [0.25, 0.3) is 0 Å². The molecule has 1 amide bonds. The summed E-state index contributed by atoms with van der Waals surface area (Å²) in [6.07, 6.45) is 7.65. The molecule has 0 spiro atoms. The first-order valence-corrected chi connectivity index (χ1v) is 4.58. The van der Waals surface area contributed by atoms with E-state index in [0.29, 0.717) is 6.42 Å². The number of carbonyl (C=O) groups is 1. The van der Waals surface area contributed by atoms with E-state index >= 15 is 0 Å². The number of amides is 1. The Morgan fingerprint density at radius 3 is 2.42 bits per heavy atom. The fourth-order valence-electron chi connectivity index (χ4n) is 2.03. The molecule has 1 aliphatic carbocycles. The van der Waals surface area contributed by atoms with E-state index in [-0.39, 0.29) is 11.3 Å². The van der Waals surface area contributed by atoms with Crippen molar-refractivity contribution in [1.29, 1.82) is 0 Å². The molecule has 0 unspecified atom stereocenters. The van der Waals surface area contributed by atoms with Gasteiger partial charge in [0.1, 0.15) is 0 Å². The highest BCUT2D eigenvalue weighted by Crippen LogP contribution is 2.39. The van der Waals surface area contributed by atoms with Crippen LogP contribution in [-0.2, 0) is 4.79 Å². The van der Waals surface area contributed by atoms with Crippen LogP contribution in [0.3, 0.4) is 0 Å². The Labute approximate surface area is 73.8 Å². The van der Waals surface area contributed by atoms with Crippen molar-refractivity contribution in [3.63, 3.8) is 0 Å². The van der Waals surface area contributed by atoms with Crippen LogP contribution in [-0.4, -0.2) is 5.91 Å². The van der Waals surface area contributed by atoms with E-state index in [1.54, 1.807) is 6.08 Å². The van der Waals surface area contributed by atoms with Gasteiger partial charge < -0.3 is 0 Å². The molecule has 67 valence electrons. The lowest BCUT2D eigenvalue weighted by Gasteiger charge is -2.32. The standard InChI is InChI=1S/C10H16NO/c1-2-6-10(9(11)12)7-4-3-5-8-10/h2,11H,1,3-8H2. The second kappa shape index (κ2) is 3.74. The molecule has 1 N–H and O–H groups in total. The van der Waals surface area contributed by atoms with Crippen molar-refractivity contribution in [3.05, 3.63) is 12.7 Å². The van der Waals surface area contributed by atoms with Gasteiger partial charge in [0.15, 0.2) is 0 Å². The van der Waals surface area contributed by atoms with Crippen molar-refractivity contribution in [2.75, 3.05) is 0 Å². The third kappa shape index (κ3) is 1.68. The van der Waals surface area contributed by atoms with Crippen molar-refractivity contribution in [1.82, 2.24) is 5.73 Å². The van der Waals surface area contributed by atoms with Crippen LogP contribution in [0.25, 0.3) is 0 Å². The molecule has 2 heteroatoms. The van der Waals surface area contributed by atoms with Gasteiger partial charge in [-0.15, -0.1) is 6.58 Å². The molecule has 1 rings (SSSR count). The normalized spacial score (nSPS) is 21.7. The van der Waals surface area contributed by atoms with Crippen LogP contribution in [0.5, 0.6) is 0 Å². The largest absolute Gasteiger partial charge is 0.273 e. The van der Waals surface area contributed by atoms with Crippen molar-refractivity contribution in [2.45, 2.75) is 38.5 Å². The SMILES string of the molecule is C=CCC1(C([NH])=O)CCCCC1. The molecular formula is C10H16NO. The van der Waals surface area contributed by atoms with Gasteiger partial charge >= 0.3 is 0 Å². The van der Waals surface area contributed by atoms with Gasteiger partial charge in [-0.1, -0.05) is 25.3 Å². The molecule has 1 aliphatic rings. The van der Waals surface area contributed by atoms with E-state index in [4.69, 9.17) is 5.73 Å². The van der Waals surface area contributed by atoms with E-state index in [0.717, 1.165) is 25.7 Å². The van der Waals surface area contributed by atoms with Gasteiger partial charge in [-0.25, -0.2) is 0 Å². The van der Waals surface area contributed by atoms with Crippen molar-refractivity contribution >= 4 is 5.91 Å². The molecule has 12 heavy (non-hydrogen) atoms. The van der Waals surface area contributed by atoms with E-state index in [9.17, 15) is 4.79 Å². The fraction of sp³-hybridized carbons (Fsp3) is 0.700. The molecule has 1 radical (unpaired) electrons. The average molecular weight is 166 g/mol. The number of rotatable bonds is 3. The van der Waals surface area contributed by atoms with E-state index < -0.39 is 0 Å². The first-order valence-electron chi connectivity index (χ1n) is 4.58. The van der Waals surface area contributed by atoms with E-state index in [1.807, 2.05) is 0 Å². The Bertz CT molecular complexity index is 180. The maximum atomic E-state index is 11.1.